The van der Waals surface area contributed by atoms with E-state index < -0.39 is 0 Å². The summed E-state index contributed by atoms with van der Waals surface area (Å²) in [6.45, 7) is 3.30. The van der Waals surface area contributed by atoms with E-state index in [4.69, 9.17) is 16.3 Å². The first-order chi connectivity index (χ1) is 12.0. The van der Waals surface area contributed by atoms with Crippen molar-refractivity contribution in [2.45, 2.75) is 20.0 Å². The van der Waals surface area contributed by atoms with Crippen molar-refractivity contribution >= 4 is 17.6 Å². The SMILES string of the molecule is CC(=O)OC(C)c1ccc(-c2ccccc2-c2ccc(Cl)cc2)cc1. The fourth-order valence-electron chi connectivity index (χ4n) is 2.87. The van der Waals surface area contributed by atoms with Gasteiger partial charge in [-0.1, -0.05) is 72.3 Å². The molecule has 3 rings (SSSR count). The fourth-order valence-corrected chi connectivity index (χ4v) is 2.99. The van der Waals surface area contributed by atoms with Gasteiger partial charge in [0.15, 0.2) is 0 Å². The molecule has 0 radical (unpaired) electrons. The second kappa shape index (κ2) is 7.54. The minimum Gasteiger partial charge on any atom is -0.458 e. The van der Waals surface area contributed by atoms with Crippen LogP contribution >= 0.6 is 11.6 Å². The number of benzene rings is 3. The molecular formula is C22H19ClO2. The molecular weight excluding hydrogens is 332 g/mol. The van der Waals surface area contributed by atoms with Crippen molar-refractivity contribution in [2.24, 2.45) is 0 Å². The van der Waals surface area contributed by atoms with Crippen LogP contribution in [0.3, 0.4) is 0 Å². The summed E-state index contributed by atoms with van der Waals surface area (Å²) in [4.78, 5) is 11.1. The van der Waals surface area contributed by atoms with E-state index in [0.29, 0.717) is 0 Å². The molecule has 0 aromatic heterocycles. The maximum absolute atomic E-state index is 11.1. The zero-order valence-corrected chi connectivity index (χ0v) is 15.0. The van der Waals surface area contributed by atoms with E-state index >= 15 is 0 Å². The number of ether oxygens (including phenoxy) is 1. The highest BCUT2D eigenvalue weighted by Crippen LogP contribution is 2.33. The summed E-state index contributed by atoms with van der Waals surface area (Å²) in [6.07, 6.45) is -0.252. The van der Waals surface area contributed by atoms with Gasteiger partial charge in [-0.15, -0.1) is 0 Å². The van der Waals surface area contributed by atoms with Gasteiger partial charge in [-0.25, -0.2) is 0 Å². The van der Waals surface area contributed by atoms with Crippen LogP contribution in [0.15, 0.2) is 72.8 Å². The standard InChI is InChI=1S/C22H19ClO2/c1-15(25-16(2)24)17-7-9-18(10-8-17)21-5-3-4-6-22(21)19-11-13-20(23)14-12-19/h3-15H,1-2H3. The number of hydrogen-bond acceptors (Lipinski definition) is 2. The Kier molecular flexibility index (Phi) is 5.20. The molecule has 0 spiro atoms. The van der Waals surface area contributed by atoms with Crippen LogP contribution in [0.5, 0.6) is 0 Å². The Hall–Kier alpha value is -2.58. The maximum atomic E-state index is 11.1. The molecule has 0 heterocycles. The molecule has 3 heteroatoms. The Bertz CT molecular complexity index is 867. The first-order valence-corrected chi connectivity index (χ1v) is 8.55. The fraction of sp³-hybridized carbons (Fsp3) is 0.136. The van der Waals surface area contributed by atoms with E-state index in [1.807, 2.05) is 55.5 Å². The van der Waals surface area contributed by atoms with Crippen molar-refractivity contribution < 1.29 is 9.53 Å². The monoisotopic (exact) mass is 350 g/mol. The van der Waals surface area contributed by atoms with Gasteiger partial charge in [0.1, 0.15) is 6.10 Å². The summed E-state index contributed by atoms with van der Waals surface area (Å²) in [5.41, 5.74) is 5.51. The van der Waals surface area contributed by atoms with Gasteiger partial charge in [-0.3, -0.25) is 4.79 Å². The maximum Gasteiger partial charge on any atom is 0.303 e. The zero-order valence-electron chi connectivity index (χ0n) is 14.2. The van der Waals surface area contributed by atoms with Gasteiger partial charge in [0.2, 0.25) is 0 Å². The third-order valence-electron chi connectivity index (χ3n) is 4.12. The van der Waals surface area contributed by atoms with E-state index in [2.05, 4.69) is 24.3 Å². The van der Waals surface area contributed by atoms with E-state index in [1.54, 1.807) is 0 Å². The van der Waals surface area contributed by atoms with Crippen molar-refractivity contribution in [1.82, 2.24) is 0 Å². The molecule has 0 aliphatic carbocycles. The smallest absolute Gasteiger partial charge is 0.303 e. The van der Waals surface area contributed by atoms with E-state index in [9.17, 15) is 4.79 Å². The molecule has 0 saturated carbocycles. The average molecular weight is 351 g/mol. The molecule has 3 aromatic carbocycles. The molecule has 0 amide bonds. The first-order valence-electron chi connectivity index (χ1n) is 8.17. The lowest BCUT2D eigenvalue weighted by atomic mass is 9.94. The van der Waals surface area contributed by atoms with Crippen molar-refractivity contribution in [3.63, 3.8) is 0 Å². The summed E-state index contributed by atoms with van der Waals surface area (Å²) < 4.78 is 5.23. The van der Waals surface area contributed by atoms with Crippen LogP contribution in [0.2, 0.25) is 5.02 Å². The number of carbonyl (C=O) groups excluding carboxylic acids is 1. The van der Waals surface area contributed by atoms with Crippen LogP contribution in [0, 0.1) is 0 Å². The molecule has 0 N–H and O–H groups in total. The zero-order chi connectivity index (χ0) is 17.8. The Balaban J connectivity index is 1.95. The van der Waals surface area contributed by atoms with Crippen molar-refractivity contribution in [3.05, 3.63) is 83.4 Å². The molecule has 25 heavy (non-hydrogen) atoms. The highest BCUT2D eigenvalue weighted by atomic mass is 35.5. The largest absolute Gasteiger partial charge is 0.458 e. The highest BCUT2D eigenvalue weighted by Gasteiger charge is 2.10. The number of esters is 1. The summed E-state index contributed by atoms with van der Waals surface area (Å²) in [5, 5.41) is 0.727. The lowest BCUT2D eigenvalue weighted by molar-refractivity contribution is -0.145. The second-order valence-corrected chi connectivity index (χ2v) is 6.36. The molecule has 0 fully saturated rings. The molecule has 1 unspecified atom stereocenters. The van der Waals surface area contributed by atoms with Crippen molar-refractivity contribution in [3.8, 4) is 22.3 Å². The third kappa shape index (κ3) is 4.09. The number of hydrogen-bond donors (Lipinski definition) is 0. The quantitative estimate of drug-likeness (QED) is 0.516. The lowest BCUT2D eigenvalue weighted by Gasteiger charge is -2.14. The number of carbonyl (C=O) groups is 1. The van der Waals surface area contributed by atoms with Crippen LogP contribution < -0.4 is 0 Å². The van der Waals surface area contributed by atoms with Crippen LogP contribution in [0.25, 0.3) is 22.3 Å². The molecule has 126 valence electrons. The van der Waals surface area contributed by atoms with Gasteiger partial charge in [0.25, 0.3) is 0 Å². The van der Waals surface area contributed by atoms with Crippen LogP contribution in [-0.4, -0.2) is 5.97 Å². The van der Waals surface area contributed by atoms with Crippen molar-refractivity contribution in [2.75, 3.05) is 0 Å². The van der Waals surface area contributed by atoms with E-state index in [1.165, 1.54) is 6.92 Å². The molecule has 2 nitrogen and oxygen atoms in total. The Morgan fingerprint density at radius 2 is 1.32 bits per heavy atom. The van der Waals surface area contributed by atoms with Crippen LogP contribution in [-0.2, 0) is 9.53 Å². The summed E-state index contributed by atoms with van der Waals surface area (Å²) in [7, 11) is 0. The van der Waals surface area contributed by atoms with Gasteiger partial charge in [0.05, 0.1) is 0 Å². The van der Waals surface area contributed by atoms with E-state index in [-0.39, 0.29) is 12.1 Å². The normalized spacial score (nSPS) is 11.8. The van der Waals surface area contributed by atoms with Crippen LogP contribution in [0.1, 0.15) is 25.5 Å². The number of halogens is 1. The topological polar surface area (TPSA) is 26.3 Å². The number of rotatable bonds is 4. The van der Waals surface area contributed by atoms with Gasteiger partial charge < -0.3 is 4.74 Å². The summed E-state index contributed by atoms with van der Waals surface area (Å²) in [6, 6.07) is 24.3. The first kappa shape index (κ1) is 17.2. The summed E-state index contributed by atoms with van der Waals surface area (Å²) in [5.74, 6) is -0.273. The predicted octanol–water partition coefficient (Wildman–Crippen LogP) is 6.30. The lowest BCUT2D eigenvalue weighted by Crippen LogP contribution is -2.04. The molecule has 3 aromatic rings. The Labute approximate surface area is 153 Å². The van der Waals surface area contributed by atoms with Crippen LogP contribution in [0.4, 0.5) is 0 Å². The Morgan fingerprint density at radius 1 is 0.840 bits per heavy atom. The minimum atomic E-state index is -0.273. The highest BCUT2D eigenvalue weighted by molar-refractivity contribution is 6.30. The van der Waals surface area contributed by atoms with E-state index in [0.717, 1.165) is 32.8 Å². The molecule has 0 bridgehead atoms. The molecule has 0 saturated heterocycles. The van der Waals surface area contributed by atoms with Gasteiger partial charge >= 0.3 is 5.97 Å². The van der Waals surface area contributed by atoms with Gasteiger partial charge in [0, 0.05) is 11.9 Å². The Morgan fingerprint density at radius 3 is 1.80 bits per heavy atom. The second-order valence-electron chi connectivity index (χ2n) is 5.93. The third-order valence-corrected chi connectivity index (χ3v) is 4.37. The molecule has 0 aliphatic heterocycles. The summed E-state index contributed by atoms with van der Waals surface area (Å²) >= 11 is 6.00. The molecule has 1 atom stereocenters. The van der Waals surface area contributed by atoms with Gasteiger partial charge in [-0.05, 0) is 46.9 Å². The van der Waals surface area contributed by atoms with Gasteiger partial charge in [-0.2, -0.15) is 0 Å². The minimum absolute atomic E-state index is 0.252. The predicted molar refractivity (Wildman–Crippen MR) is 103 cm³/mol. The molecule has 0 aliphatic rings. The average Bonchev–Trinajstić information content (AvgIpc) is 2.62. The van der Waals surface area contributed by atoms with Crippen molar-refractivity contribution in [1.29, 1.82) is 0 Å².